The summed E-state index contributed by atoms with van der Waals surface area (Å²) in [6.07, 6.45) is 0. The van der Waals surface area contributed by atoms with Crippen molar-refractivity contribution in [3.8, 4) is 9.75 Å². The van der Waals surface area contributed by atoms with Crippen LogP contribution in [0.5, 0.6) is 0 Å². The number of fused-ring (bicyclic) bond motifs is 5. The third-order valence-electron chi connectivity index (χ3n) is 9.63. The number of thiophene rings is 2. The molecule has 55 heavy (non-hydrogen) atoms. The summed E-state index contributed by atoms with van der Waals surface area (Å²) in [4.78, 5) is 92.6. The van der Waals surface area contributed by atoms with Crippen LogP contribution >= 0.6 is 22.7 Å². The highest BCUT2D eigenvalue weighted by Crippen LogP contribution is 2.59. The Morgan fingerprint density at radius 2 is 0.818 bits per heavy atom. The number of carbonyl (C=O) groups excluding carboxylic acids is 2. The van der Waals surface area contributed by atoms with Crippen molar-refractivity contribution in [3.63, 3.8) is 0 Å². The van der Waals surface area contributed by atoms with Gasteiger partial charge in [-0.25, -0.2) is 9.98 Å². The fourth-order valence-electron chi connectivity index (χ4n) is 6.99. The molecule has 6 aromatic carbocycles. The first-order valence-electron chi connectivity index (χ1n) is 17.0. The minimum atomic E-state index is -2.21. The van der Waals surface area contributed by atoms with E-state index >= 15 is 0 Å². The predicted octanol–water partition coefficient (Wildman–Crippen LogP) is 5.53. The van der Waals surface area contributed by atoms with Gasteiger partial charge in [0.15, 0.2) is 10.7 Å². The minimum absolute atomic E-state index is 0.167. The van der Waals surface area contributed by atoms with E-state index in [-0.39, 0.29) is 66.6 Å². The van der Waals surface area contributed by atoms with E-state index in [1.165, 1.54) is 12.1 Å². The van der Waals surface area contributed by atoms with Crippen molar-refractivity contribution >= 4 is 66.2 Å². The first-order valence-corrected chi connectivity index (χ1v) is 18.6. The van der Waals surface area contributed by atoms with Crippen molar-refractivity contribution < 1.29 is 19.1 Å². The van der Waals surface area contributed by atoms with Gasteiger partial charge in [-0.15, -0.1) is 22.7 Å². The molecule has 0 bridgehead atoms. The van der Waals surface area contributed by atoms with Crippen molar-refractivity contribution in [1.29, 1.82) is 0 Å². The molecule has 10 nitrogen and oxygen atoms in total. The van der Waals surface area contributed by atoms with Crippen molar-refractivity contribution in [2.24, 2.45) is 9.98 Å². The normalized spacial score (nSPS) is 12.7. The van der Waals surface area contributed by atoms with Crippen LogP contribution in [0.2, 0.25) is 0 Å². The van der Waals surface area contributed by atoms with Crippen LogP contribution in [-0.2, 0) is 37.7 Å². The molecule has 0 unspecified atom stereocenters. The van der Waals surface area contributed by atoms with Gasteiger partial charge in [0.05, 0.1) is 9.75 Å². The fourth-order valence-corrected chi connectivity index (χ4v) is 9.33. The zero-order valence-electron chi connectivity index (χ0n) is 28.4. The number of carbonyl (C=O) groups is 2. The molecule has 2 heterocycles. The second-order valence-corrected chi connectivity index (χ2v) is 14.9. The first-order chi connectivity index (χ1) is 26.8. The average Bonchev–Trinajstić information content (AvgIpc) is 3.99. The van der Waals surface area contributed by atoms with Crippen molar-refractivity contribution in [2.45, 2.75) is 18.6 Å². The van der Waals surface area contributed by atoms with Crippen molar-refractivity contribution in [3.05, 3.63) is 195 Å². The Morgan fingerprint density at radius 1 is 0.491 bits per heavy atom. The molecule has 0 aliphatic heterocycles. The van der Waals surface area contributed by atoms with Gasteiger partial charge in [0.2, 0.25) is 27.1 Å². The van der Waals surface area contributed by atoms with E-state index < -0.39 is 39.1 Å². The number of nitrogens with zero attached hydrogens (tertiary/aromatic N) is 2. The molecule has 0 amide bonds. The zero-order chi connectivity index (χ0) is 37.8. The summed E-state index contributed by atoms with van der Waals surface area (Å²) in [7, 11) is 0. The van der Waals surface area contributed by atoms with Gasteiger partial charge in [-0.2, -0.15) is 0 Å². The monoisotopic (exact) mass is 760 g/mol. The highest BCUT2D eigenvalue weighted by Gasteiger charge is 2.60. The van der Waals surface area contributed by atoms with Gasteiger partial charge in [0, 0.05) is 32.7 Å². The number of esters is 2. The number of rotatable bonds is 8. The van der Waals surface area contributed by atoms with Gasteiger partial charge in [0.1, 0.15) is 23.2 Å². The summed E-state index contributed by atoms with van der Waals surface area (Å²) in [5.41, 5.74) is -2.61. The van der Waals surface area contributed by atoms with E-state index in [9.17, 15) is 28.8 Å². The van der Waals surface area contributed by atoms with Crippen LogP contribution in [0.1, 0.15) is 22.3 Å². The topological polar surface area (TPSA) is 146 Å². The lowest BCUT2D eigenvalue weighted by atomic mass is 9.79. The molecule has 2 aromatic heterocycles. The molecule has 0 fully saturated rings. The molecule has 9 rings (SSSR count). The molecular weight excluding hydrogens is 737 g/mol. The smallest absolute Gasteiger partial charge is 0.333 e. The lowest BCUT2D eigenvalue weighted by Crippen LogP contribution is -2.45. The Bertz CT molecular complexity index is 2870. The standard InChI is InChI=1S/C43H24N2O8S2/c46-35-25-15-7-8-16-26(25)36(47)33(35)44-31-19-29-39(54-31)40-30(20-32(55-40)45-34-37(48)27-17-9-10-18-28(27)38(34)49)43(29,41(50)52-21-23-11-3-1-4-12-23)42(51)53-22-24-13-5-2-6-14-24/h1-20H,21-22H2. The Hall–Kier alpha value is -6.76. The summed E-state index contributed by atoms with van der Waals surface area (Å²) < 4.78 is 11.8. The molecule has 266 valence electrons. The minimum Gasteiger partial charge on any atom is -0.459 e. The number of hydrogen-bond acceptors (Lipinski definition) is 12. The van der Waals surface area contributed by atoms with E-state index in [1.54, 1.807) is 97.1 Å². The van der Waals surface area contributed by atoms with Gasteiger partial charge in [0.25, 0.3) is 0 Å². The number of ether oxygens (including phenoxy) is 2. The SMILES string of the molecule is O=C(OCc1ccccc1)C1(C(=O)OCc2ccccc2)c2cc(N=c3c(=O)c4ccccc4c3=O)sc2-c2sc(N=c3c(=O)c4ccccc4c3=O)cc21. The third-order valence-corrected chi connectivity index (χ3v) is 11.8. The average molecular weight is 761 g/mol. The summed E-state index contributed by atoms with van der Waals surface area (Å²) in [5.74, 6) is -1.88. The van der Waals surface area contributed by atoms with Gasteiger partial charge in [-0.05, 0) is 23.3 Å². The molecule has 12 heteroatoms. The molecule has 0 saturated heterocycles. The molecule has 0 saturated carbocycles. The second kappa shape index (κ2) is 13.3. The molecule has 0 spiro atoms. The van der Waals surface area contributed by atoms with Crippen LogP contribution in [0.4, 0.5) is 10.0 Å². The zero-order valence-corrected chi connectivity index (χ0v) is 30.1. The first kappa shape index (κ1) is 34.0. The third kappa shape index (κ3) is 5.45. The van der Waals surface area contributed by atoms with E-state index in [0.717, 1.165) is 22.7 Å². The van der Waals surface area contributed by atoms with Crippen molar-refractivity contribution in [1.82, 2.24) is 0 Å². The van der Waals surface area contributed by atoms with Gasteiger partial charge < -0.3 is 9.47 Å². The summed E-state index contributed by atoms with van der Waals surface area (Å²) >= 11 is 2.14. The van der Waals surface area contributed by atoms with Crippen LogP contribution < -0.4 is 32.4 Å². The number of hydrogen-bond donors (Lipinski definition) is 0. The lowest BCUT2D eigenvalue weighted by Gasteiger charge is -2.26. The largest absolute Gasteiger partial charge is 0.459 e. The van der Waals surface area contributed by atoms with Crippen LogP contribution in [-0.4, -0.2) is 11.9 Å². The number of benzene rings is 4. The molecular formula is C43H24N2O8S2. The highest BCUT2D eigenvalue weighted by molar-refractivity contribution is 7.26. The van der Waals surface area contributed by atoms with Gasteiger partial charge in [-0.1, -0.05) is 109 Å². The molecule has 0 atom stereocenters. The highest BCUT2D eigenvalue weighted by atomic mass is 32.1. The molecule has 1 aliphatic rings. The van der Waals surface area contributed by atoms with Crippen LogP contribution in [0.15, 0.2) is 150 Å². The van der Waals surface area contributed by atoms with Crippen LogP contribution in [0.25, 0.3) is 31.3 Å². The molecule has 0 N–H and O–H groups in total. The van der Waals surface area contributed by atoms with Crippen LogP contribution in [0.3, 0.4) is 0 Å². The Labute approximate surface area is 317 Å². The quantitative estimate of drug-likeness (QED) is 0.145. The van der Waals surface area contributed by atoms with Crippen LogP contribution in [0, 0.1) is 0 Å². The lowest BCUT2D eigenvalue weighted by molar-refractivity contribution is -0.164. The Balaban J connectivity index is 1.26. The van der Waals surface area contributed by atoms with E-state index in [0.29, 0.717) is 20.9 Å². The maximum absolute atomic E-state index is 14.7. The summed E-state index contributed by atoms with van der Waals surface area (Å²) in [6.45, 7) is -0.335. The second-order valence-electron chi connectivity index (χ2n) is 12.9. The summed E-state index contributed by atoms with van der Waals surface area (Å²) in [6, 6.07) is 33.8. The molecule has 0 radical (unpaired) electrons. The van der Waals surface area contributed by atoms with Gasteiger partial charge in [-0.3, -0.25) is 28.8 Å². The molecule has 1 aliphatic carbocycles. The Morgan fingerprint density at radius 3 is 1.16 bits per heavy atom. The fraction of sp³-hybridized carbons (Fsp3) is 0.0698. The van der Waals surface area contributed by atoms with E-state index in [1.807, 2.05) is 12.1 Å². The van der Waals surface area contributed by atoms with E-state index in [2.05, 4.69) is 9.98 Å². The maximum atomic E-state index is 14.7. The maximum Gasteiger partial charge on any atom is 0.333 e. The predicted molar refractivity (Wildman–Crippen MR) is 209 cm³/mol. The Kier molecular flexibility index (Phi) is 8.21. The molecule has 8 aromatic rings. The van der Waals surface area contributed by atoms with E-state index in [4.69, 9.17) is 9.47 Å². The van der Waals surface area contributed by atoms with Gasteiger partial charge >= 0.3 is 11.9 Å². The van der Waals surface area contributed by atoms with Crippen molar-refractivity contribution in [2.75, 3.05) is 0 Å². The summed E-state index contributed by atoms with van der Waals surface area (Å²) in [5, 5.41) is 0.746.